The highest BCUT2D eigenvalue weighted by Crippen LogP contribution is 2.18. The molecular weight excluding hydrogens is 210 g/mol. The van der Waals surface area contributed by atoms with Crippen LogP contribution in [0.25, 0.3) is 0 Å². The average Bonchev–Trinajstić information content (AvgIpc) is 3.03. The van der Waals surface area contributed by atoms with Crippen LogP contribution in [0.4, 0.5) is 0 Å². The van der Waals surface area contributed by atoms with Gasteiger partial charge in [-0.1, -0.05) is 11.8 Å². The van der Waals surface area contributed by atoms with E-state index >= 15 is 0 Å². The van der Waals surface area contributed by atoms with E-state index in [4.69, 9.17) is 0 Å². The number of aliphatic imine (C=N–C) groups is 1. The molecule has 1 aliphatic carbocycles. The van der Waals surface area contributed by atoms with Crippen molar-refractivity contribution < 1.29 is 4.79 Å². The minimum Gasteiger partial charge on any atom is -0.364 e. The highest BCUT2D eigenvalue weighted by Gasteiger charge is 2.22. The molecule has 0 unspecified atom stereocenters. The Morgan fingerprint density at radius 2 is 2.40 bits per heavy atom. The molecule has 1 fully saturated rings. The molecule has 0 aromatic heterocycles. The molecule has 1 saturated carbocycles. The lowest BCUT2D eigenvalue weighted by molar-refractivity contribution is -0.121. The number of carbonyl (C=O) groups is 1. The first-order chi connectivity index (χ1) is 7.34. The van der Waals surface area contributed by atoms with Gasteiger partial charge in [0.15, 0.2) is 5.17 Å². The van der Waals surface area contributed by atoms with Gasteiger partial charge in [0, 0.05) is 31.3 Å². The lowest BCUT2D eigenvalue weighted by Gasteiger charge is -2.12. The van der Waals surface area contributed by atoms with E-state index in [2.05, 4.69) is 15.6 Å². The predicted molar refractivity (Wildman–Crippen MR) is 63.2 cm³/mol. The predicted octanol–water partition coefficient (Wildman–Crippen LogP) is 0.738. The molecule has 0 radical (unpaired) electrons. The van der Waals surface area contributed by atoms with E-state index in [9.17, 15) is 4.79 Å². The standard InChI is InChI=1S/C10H17N3OS/c14-9(13-8-2-3-8)4-6-12-10-11-5-1-7-15-10/h8H,1-7H2,(H,11,12)(H,13,14). The zero-order valence-corrected chi connectivity index (χ0v) is 9.61. The molecule has 15 heavy (non-hydrogen) atoms. The fraction of sp³-hybridized carbons (Fsp3) is 0.800. The van der Waals surface area contributed by atoms with Gasteiger partial charge in [0.05, 0.1) is 0 Å². The zero-order valence-electron chi connectivity index (χ0n) is 8.79. The molecule has 0 saturated heterocycles. The summed E-state index contributed by atoms with van der Waals surface area (Å²) >= 11 is 1.75. The molecule has 84 valence electrons. The topological polar surface area (TPSA) is 53.5 Å². The first-order valence-corrected chi connectivity index (χ1v) is 6.53. The SMILES string of the molecule is O=C(CCNC1=NCCCS1)NC1CC1. The van der Waals surface area contributed by atoms with E-state index in [0.29, 0.717) is 19.0 Å². The molecule has 2 rings (SSSR count). The lowest BCUT2D eigenvalue weighted by Crippen LogP contribution is -2.31. The van der Waals surface area contributed by atoms with Crippen molar-refractivity contribution in [3.8, 4) is 0 Å². The molecule has 5 heteroatoms. The van der Waals surface area contributed by atoms with Gasteiger partial charge in [0.2, 0.25) is 5.91 Å². The van der Waals surface area contributed by atoms with Gasteiger partial charge in [0.1, 0.15) is 0 Å². The number of carbonyl (C=O) groups excluding carboxylic acids is 1. The smallest absolute Gasteiger partial charge is 0.221 e. The van der Waals surface area contributed by atoms with E-state index in [1.807, 2.05) is 0 Å². The van der Waals surface area contributed by atoms with E-state index < -0.39 is 0 Å². The second-order valence-electron chi connectivity index (χ2n) is 3.91. The molecular formula is C10H17N3OS. The molecule has 0 atom stereocenters. The van der Waals surface area contributed by atoms with E-state index in [1.165, 1.54) is 0 Å². The maximum atomic E-state index is 11.3. The third-order valence-electron chi connectivity index (χ3n) is 2.37. The lowest BCUT2D eigenvalue weighted by atomic mass is 10.4. The summed E-state index contributed by atoms with van der Waals surface area (Å²) in [7, 11) is 0. The summed E-state index contributed by atoms with van der Waals surface area (Å²) in [6.45, 7) is 1.62. The van der Waals surface area contributed by atoms with Crippen LogP contribution in [0.15, 0.2) is 4.99 Å². The fourth-order valence-electron chi connectivity index (χ4n) is 1.38. The zero-order chi connectivity index (χ0) is 10.5. The van der Waals surface area contributed by atoms with Crippen molar-refractivity contribution in [3.63, 3.8) is 0 Å². The number of rotatable bonds is 4. The van der Waals surface area contributed by atoms with E-state index in [-0.39, 0.29) is 5.91 Å². The van der Waals surface area contributed by atoms with Crippen molar-refractivity contribution in [2.45, 2.75) is 31.7 Å². The average molecular weight is 227 g/mol. The second kappa shape index (κ2) is 5.39. The molecule has 1 heterocycles. The third kappa shape index (κ3) is 4.11. The number of amidine groups is 1. The fourth-order valence-corrected chi connectivity index (χ4v) is 2.23. The van der Waals surface area contributed by atoms with Crippen molar-refractivity contribution in [1.29, 1.82) is 0 Å². The first-order valence-electron chi connectivity index (χ1n) is 5.55. The molecule has 2 N–H and O–H groups in total. The van der Waals surface area contributed by atoms with Gasteiger partial charge in [0.25, 0.3) is 0 Å². The molecule has 0 aromatic rings. The largest absolute Gasteiger partial charge is 0.364 e. The van der Waals surface area contributed by atoms with Gasteiger partial charge in [-0.05, 0) is 19.3 Å². The summed E-state index contributed by atoms with van der Waals surface area (Å²) in [6.07, 6.45) is 4.03. The molecule has 1 aliphatic heterocycles. The molecule has 1 amide bonds. The highest BCUT2D eigenvalue weighted by atomic mass is 32.2. The van der Waals surface area contributed by atoms with Gasteiger partial charge >= 0.3 is 0 Å². The Labute approximate surface area is 94.3 Å². The Kier molecular flexibility index (Phi) is 3.88. The van der Waals surface area contributed by atoms with Crippen LogP contribution in [0, 0.1) is 0 Å². The number of thioether (sulfide) groups is 1. The van der Waals surface area contributed by atoms with Crippen LogP contribution in [-0.4, -0.2) is 36.0 Å². The van der Waals surface area contributed by atoms with Crippen LogP contribution in [0.1, 0.15) is 25.7 Å². The van der Waals surface area contributed by atoms with Crippen molar-refractivity contribution >= 4 is 22.8 Å². The van der Waals surface area contributed by atoms with Gasteiger partial charge < -0.3 is 10.6 Å². The van der Waals surface area contributed by atoms with Crippen LogP contribution < -0.4 is 10.6 Å². The van der Waals surface area contributed by atoms with Crippen molar-refractivity contribution in [1.82, 2.24) is 10.6 Å². The Balaban J connectivity index is 1.56. The van der Waals surface area contributed by atoms with Crippen LogP contribution in [-0.2, 0) is 4.79 Å². The van der Waals surface area contributed by atoms with Gasteiger partial charge in [-0.2, -0.15) is 0 Å². The Morgan fingerprint density at radius 1 is 1.53 bits per heavy atom. The van der Waals surface area contributed by atoms with Gasteiger partial charge in [-0.15, -0.1) is 0 Å². The normalized spacial score (nSPS) is 20.7. The van der Waals surface area contributed by atoms with Crippen molar-refractivity contribution in [2.24, 2.45) is 4.99 Å². The first kappa shape index (κ1) is 10.8. The molecule has 0 spiro atoms. The summed E-state index contributed by atoms with van der Waals surface area (Å²) in [5.41, 5.74) is 0. The van der Waals surface area contributed by atoms with Crippen molar-refractivity contribution in [3.05, 3.63) is 0 Å². The molecule has 4 nitrogen and oxygen atoms in total. The van der Waals surface area contributed by atoms with Crippen LogP contribution in [0.5, 0.6) is 0 Å². The maximum Gasteiger partial charge on any atom is 0.221 e. The Morgan fingerprint density at radius 3 is 3.07 bits per heavy atom. The Bertz CT molecular complexity index is 263. The van der Waals surface area contributed by atoms with Crippen LogP contribution >= 0.6 is 11.8 Å². The molecule has 0 aromatic carbocycles. The second-order valence-corrected chi connectivity index (χ2v) is 4.99. The summed E-state index contributed by atoms with van der Waals surface area (Å²) in [5, 5.41) is 7.16. The van der Waals surface area contributed by atoms with Crippen molar-refractivity contribution in [2.75, 3.05) is 18.8 Å². The minimum absolute atomic E-state index is 0.159. The van der Waals surface area contributed by atoms with Gasteiger partial charge in [-0.25, -0.2) is 0 Å². The summed E-state index contributed by atoms with van der Waals surface area (Å²) in [6, 6.07) is 0.471. The van der Waals surface area contributed by atoms with Crippen LogP contribution in [0.2, 0.25) is 0 Å². The van der Waals surface area contributed by atoms with Crippen LogP contribution in [0.3, 0.4) is 0 Å². The summed E-state index contributed by atoms with van der Waals surface area (Å²) in [4.78, 5) is 15.7. The summed E-state index contributed by atoms with van der Waals surface area (Å²) < 4.78 is 0. The number of nitrogens with zero attached hydrogens (tertiary/aromatic N) is 1. The number of hydrogen-bond acceptors (Lipinski definition) is 4. The summed E-state index contributed by atoms with van der Waals surface area (Å²) in [5.74, 6) is 1.30. The van der Waals surface area contributed by atoms with E-state index in [0.717, 1.165) is 36.7 Å². The quantitative estimate of drug-likeness (QED) is 0.745. The number of amides is 1. The monoisotopic (exact) mass is 227 g/mol. The molecule has 0 bridgehead atoms. The highest BCUT2D eigenvalue weighted by molar-refractivity contribution is 8.13. The Hall–Kier alpha value is -0.710. The minimum atomic E-state index is 0.159. The number of nitrogens with one attached hydrogen (secondary N) is 2. The third-order valence-corrected chi connectivity index (χ3v) is 3.41. The molecule has 2 aliphatic rings. The van der Waals surface area contributed by atoms with Gasteiger partial charge in [-0.3, -0.25) is 9.79 Å². The maximum absolute atomic E-state index is 11.3. The van der Waals surface area contributed by atoms with E-state index in [1.54, 1.807) is 11.8 Å². The number of hydrogen-bond donors (Lipinski definition) is 2.